The SMILES string of the molecule is CCOc1ccc(-n2c(SCC(=O)Nc3ccccc3C(C)C)nnc2-c2ccc(Cl)cc2)cc1. The maximum atomic E-state index is 12.8. The lowest BCUT2D eigenvalue weighted by Crippen LogP contribution is -2.16. The number of anilines is 1. The Hall–Kier alpha value is -3.29. The Morgan fingerprint density at radius 3 is 2.43 bits per heavy atom. The van der Waals surface area contributed by atoms with Crippen LogP contribution >= 0.6 is 23.4 Å². The van der Waals surface area contributed by atoms with Crippen molar-refractivity contribution >= 4 is 35.0 Å². The molecule has 0 aliphatic carbocycles. The molecule has 0 unspecified atom stereocenters. The van der Waals surface area contributed by atoms with Gasteiger partial charge in [-0.05, 0) is 73.0 Å². The van der Waals surface area contributed by atoms with Crippen molar-refractivity contribution in [3.05, 3.63) is 83.4 Å². The van der Waals surface area contributed by atoms with Crippen molar-refractivity contribution in [2.75, 3.05) is 17.7 Å². The molecule has 1 heterocycles. The number of nitrogens with one attached hydrogen (secondary N) is 1. The molecule has 0 atom stereocenters. The third-order valence-corrected chi connectivity index (χ3v) is 6.51. The smallest absolute Gasteiger partial charge is 0.234 e. The summed E-state index contributed by atoms with van der Waals surface area (Å²) in [4.78, 5) is 12.8. The van der Waals surface area contributed by atoms with Crippen LogP contribution < -0.4 is 10.1 Å². The summed E-state index contributed by atoms with van der Waals surface area (Å²) in [5.41, 5.74) is 3.69. The lowest BCUT2D eigenvalue weighted by Gasteiger charge is -2.14. The Morgan fingerprint density at radius 1 is 1.03 bits per heavy atom. The number of amides is 1. The van der Waals surface area contributed by atoms with Crippen molar-refractivity contribution in [3.8, 4) is 22.8 Å². The summed E-state index contributed by atoms with van der Waals surface area (Å²) in [6.07, 6.45) is 0. The number of ether oxygens (including phenoxy) is 1. The average molecular weight is 507 g/mol. The first kappa shape index (κ1) is 24.8. The number of halogens is 1. The molecule has 4 aromatic rings. The minimum Gasteiger partial charge on any atom is -0.494 e. The van der Waals surface area contributed by atoms with Crippen LogP contribution in [0.1, 0.15) is 32.3 Å². The third kappa shape index (κ3) is 6.05. The van der Waals surface area contributed by atoms with Gasteiger partial charge in [0.05, 0.1) is 12.4 Å². The Kier molecular flexibility index (Phi) is 8.10. The second-order valence-electron chi connectivity index (χ2n) is 8.15. The lowest BCUT2D eigenvalue weighted by atomic mass is 10.0. The summed E-state index contributed by atoms with van der Waals surface area (Å²) in [6, 6.07) is 23.1. The summed E-state index contributed by atoms with van der Waals surface area (Å²) >= 11 is 7.42. The highest BCUT2D eigenvalue weighted by Gasteiger charge is 2.18. The Balaban J connectivity index is 1.60. The van der Waals surface area contributed by atoms with Gasteiger partial charge >= 0.3 is 0 Å². The van der Waals surface area contributed by atoms with Crippen molar-refractivity contribution < 1.29 is 9.53 Å². The molecule has 0 aliphatic rings. The second-order valence-corrected chi connectivity index (χ2v) is 9.53. The van der Waals surface area contributed by atoms with Crippen molar-refractivity contribution in [3.63, 3.8) is 0 Å². The molecule has 1 aromatic heterocycles. The number of carbonyl (C=O) groups is 1. The van der Waals surface area contributed by atoms with E-state index in [9.17, 15) is 4.79 Å². The molecule has 8 heteroatoms. The molecular formula is C27H27ClN4O2S. The monoisotopic (exact) mass is 506 g/mol. The fourth-order valence-electron chi connectivity index (χ4n) is 3.67. The third-order valence-electron chi connectivity index (χ3n) is 5.33. The molecule has 0 bridgehead atoms. The van der Waals surface area contributed by atoms with Crippen molar-refractivity contribution in [1.29, 1.82) is 0 Å². The zero-order valence-corrected chi connectivity index (χ0v) is 21.4. The van der Waals surface area contributed by atoms with E-state index in [0.717, 1.165) is 28.3 Å². The Bertz CT molecular complexity index is 1290. The second kappa shape index (κ2) is 11.4. The van der Waals surface area contributed by atoms with Crippen LogP contribution in [0.4, 0.5) is 5.69 Å². The predicted molar refractivity (Wildman–Crippen MR) is 143 cm³/mol. The van der Waals surface area contributed by atoms with Crippen molar-refractivity contribution in [2.45, 2.75) is 31.8 Å². The van der Waals surface area contributed by atoms with E-state index >= 15 is 0 Å². The maximum Gasteiger partial charge on any atom is 0.234 e. The lowest BCUT2D eigenvalue weighted by molar-refractivity contribution is -0.113. The number of thioether (sulfide) groups is 1. The van der Waals surface area contributed by atoms with Gasteiger partial charge in [0.25, 0.3) is 0 Å². The number of nitrogens with zero attached hydrogens (tertiary/aromatic N) is 3. The zero-order valence-electron chi connectivity index (χ0n) is 19.9. The molecule has 0 aliphatic heterocycles. The van der Waals surface area contributed by atoms with E-state index in [2.05, 4.69) is 29.4 Å². The van der Waals surface area contributed by atoms with Crippen LogP contribution in [0, 0.1) is 0 Å². The van der Waals surface area contributed by atoms with Crippen molar-refractivity contribution in [1.82, 2.24) is 14.8 Å². The standard InChI is InChI=1S/C27H27ClN4O2S/c1-4-34-22-15-13-21(14-16-22)32-26(19-9-11-20(28)12-10-19)30-31-27(32)35-17-25(33)29-24-8-6-5-7-23(24)18(2)3/h5-16,18H,4,17H2,1-3H3,(H,29,33). The van der Waals surface area contributed by atoms with Crippen LogP contribution in [-0.4, -0.2) is 33.0 Å². The van der Waals surface area contributed by atoms with Crippen LogP contribution in [0.2, 0.25) is 5.02 Å². The Morgan fingerprint density at radius 2 is 1.74 bits per heavy atom. The van der Waals surface area contributed by atoms with Gasteiger partial charge in [-0.15, -0.1) is 10.2 Å². The van der Waals surface area contributed by atoms with E-state index < -0.39 is 0 Å². The van der Waals surface area contributed by atoms with Crippen LogP contribution in [0.15, 0.2) is 78.0 Å². The van der Waals surface area contributed by atoms with Gasteiger partial charge in [-0.25, -0.2) is 0 Å². The largest absolute Gasteiger partial charge is 0.494 e. The van der Waals surface area contributed by atoms with E-state index in [1.807, 2.05) is 84.3 Å². The van der Waals surface area contributed by atoms with Gasteiger partial charge in [0, 0.05) is 22.0 Å². The van der Waals surface area contributed by atoms with Gasteiger partial charge in [-0.3, -0.25) is 9.36 Å². The molecule has 1 N–H and O–H groups in total. The van der Waals surface area contributed by atoms with Gasteiger partial charge < -0.3 is 10.1 Å². The highest BCUT2D eigenvalue weighted by molar-refractivity contribution is 7.99. The zero-order chi connectivity index (χ0) is 24.8. The van der Waals surface area contributed by atoms with E-state index in [4.69, 9.17) is 16.3 Å². The van der Waals surface area contributed by atoms with Gasteiger partial charge in [0.15, 0.2) is 11.0 Å². The predicted octanol–water partition coefficient (Wildman–Crippen LogP) is 6.84. The molecule has 0 saturated carbocycles. The number of aromatic nitrogens is 3. The van der Waals surface area contributed by atoms with Crippen LogP contribution in [-0.2, 0) is 4.79 Å². The average Bonchev–Trinajstić information content (AvgIpc) is 3.28. The summed E-state index contributed by atoms with van der Waals surface area (Å²) in [6.45, 7) is 6.76. The van der Waals surface area contributed by atoms with Gasteiger partial charge in [0.2, 0.25) is 5.91 Å². The number of hydrogen-bond donors (Lipinski definition) is 1. The topological polar surface area (TPSA) is 69.0 Å². The first-order valence-corrected chi connectivity index (χ1v) is 12.8. The fourth-order valence-corrected chi connectivity index (χ4v) is 4.55. The van der Waals surface area contributed by atoms with E-state index in [-0.39, 0.29) is 11.7 Å². The Labute approximate surface area is 214 Å². The number of hydrogen-bond acceptors (Lipinski definition) is 5. The molecule has 6 nitrogen and oxygen atoms in total. The van der Waals surface area contributed by atoms with Crippen LogP contribution in [0.5, 0.6) is 5.75 Å². The first-order chi connectivity index (χ1) is 17.0. The maximum absolute atomic E-state index is 12.8. The minimum atomic E-state index is -0.0996. The number of carbonyl (C=O) groups excluding carboxylic acids is 1. The highest BCUT2D eigenvalue weighted by atomic mass is 35.5. The number of benzene rings is 3. The van der Waals surface area contributed by atoms with Crippen LogP contribution in [0.25, 0.3) is 17.1 Å². The number of para-hydroxylation sites is 1. The molecular weight excluding hydrogens is 480 g/mol. The number of rotatable bonds is 9. The molecule has 4 rings (SSSR count). The fraction of sp³-hybridized carbons (Fsp3) is 0.222. The summed E-state index contributed by atoms with van der Waals surface area (Å²) in [5.74, 6) is 1.86. The summed E-state index contributed by atoms with van der Waals surface area (Å²) in [7, 11) is 0. The molecule has 180 valence electrons. The van der Waals surface area contributed by atoms with E-state index in [1.54, 1.807) is 0 Å². The normalized spacial score (nSPS) is 11.0. The van der Waals surface area contributed by atoms with E-state index in [1.165, 1.54) is 11.8 Å². The van der Waals surface area contributed by atoms with Gasteiger partial charge in [-0.2, -0.15) is 0 Å². The van der Waals surface area contributed by atoms with Gasteiger partial charge in [-0.1, -0.05) is 55.4 Å². The molecule has 0 radical (unpaired) electrons. The van der Waals surface area contributed by atoms with E-state index in [0.29, 0.717) is 28.5 Å². The van der Waals surface area contributed by atoms with Gasteiger partial charge in [0.1, 0.15) is 5.75 Å². The molecule has 35 heavy (non-hydrogen) atoms. The van der Waals surface area contributed by atoms with Crippen molar-refractivity contribution in [2.24, 2.45) is 0 Å². The molecule has 0 saturated heterocycles. The molecule has 0 spiro atoms. The quantitative estimate of drug-likeness (QED) is 0.252. The molecule has 1 amide bonds. The minimum absolute atomic E-state index is 0.0996. The summed E-state index contributed by atoms with van der Waals surface area (Å²) in [5, 5.41) is 13.1. The summed E-state index contributed by atoms with van der Waals surface area (Å²) < 4.78 is 7.53. The first-order valence-electron chi connectivity index (χ1n) is 11.4. The highest BCUT2D eigenvalue weighted by Crippen LogP contribution is 2.30. The molecule has 0 fully saturated rings. The molecule has 3 aromatic carbocycles. The van der Waals surface area contributed by atoms with Crippen LogP contribution in [0.3, 0.4) is 0 Å².